The minimum Gasteiger partial charge on any atom is -0.394 e. The summed E-state index contributed by atoms with van der Waals surface area (Å²) in [6, 6.07) is 0. The first-order chi connectivity index (χ1) is 3.81. The second-order valence-corrected chi connectivity index (χ2v) is 2.15. The van der Waals surface area contributed by atoms with Crippen LogP contribution in [0.2, 0.25) is 0 Å². The molecule has 2 N–H and O–H groups in total. The van der Waals surface area contributed by atoms with Gasteiger partial charge in [0, 0.05) is 0 Å². The summed E-state index contributed by atoms with van der Waals surface area (Å²) in [5.74, 6) is 0.775. The number of thiol groups is 1. The molecule has 50 valence electrons. The molecule has 0 aliphatic carbocycles. The van der Waals surface area contributed by atoms with Crippen molar-refractivity contribution < 1.29 is 10.2 Å². The van der Waals surface area contributed by atoms with Gasteiger partial charge in [-0.3, -0.25) is 0 Å². The maximum Gasteiger partial charge on any atom is 0.0771 e. The molecule has 1 atom stereocenters. The molecule has 0 amide bonds. The van der Waals surface area contributed by atoms with E-state index in [0.717, 1.165) is 12.2 Å². The fourth-order valence-electron chi connectivity index (χ4n) is 0.418. The molecule has 3 heteroatoms. The van der Waals surface area contributed by atoms with Crippen molar-refractivity contribution in [1.29, 1.82) is 0 Å². The van der Waals surface area contributed by atoms with Crippen molar-refractivity contribution in [3.63, 3.8) is 0 Å². The number of hydrogen-bond donors (Lipinski definition) is 3. The monoisotopic (exact) mass is 136 g/mol. The number of hydrogen-bond acceptors (Lipinski definition) is 3. The molecule has 0 rings (SSSR count). The van der Waals surface area contributed by atoms with Gasteiger partial charge in [-0.25, -0.2) is 0 Å². The van der Waals surface area contributed by atoms with Crippen molar-refractivity contribution >= 4 is 12.6 Å². The van der Waals surface area contributed by atoms with Crippen LogP contribution in [-0.4, -0.2) is 28.7 Å². The molecule has 0 aromatic rings. The molecule has 0 bridgehead atoms. The first kappa shape index (κ1) is 8.27. The van der Waals surface area contributed by atoms with Gasteiger partial charge in [-0.2, -0.15) is 12.6 Å². The van der Waals surface area contributed by atoms with E-state index in [0.29, 0.717) is 6.42 Å². The van der Waals surface area contributed by atoms with Gasteiger partial charge in [0.05, 0.1) is 12.7 Å². The third-order valence-electron chi connectivity index (χ3n) is 0.906. The molecule has 0 radical (unpaired) electrons. The Hall–Kier alpha value is 0.270. The molecule has 0 aromatic carbocycles. The van der Waals surface area contributed by atoms with Crippen LogP contribution >= 0.6 is 12.6 Å². The Morgan fingerprint density at radius 2 is 2.12 bits per heavy atom. The van der Waals surface area contributed by atoms with E-state index in [1.165, 1.54) is 0 Å². The molecule has 0 aliphatic rings. The van der Waals surface area contributed by atoms with Gasteiger partial charge in [0.15, 0.2) is 0 Å². The van der Waals surface area contributed by atoms with Crippen molar-refractivity contribution in [1.82, 2.24) is 0 Å². The van der Waals surface area contributed by atoms with Crippen molar-refractivity contribution in [3.8, 4) is 0 Å². The van der Waals surface area contributed by atoms with E-state index in [2.05, 4.69) is 12.6 Å². The Bertz CT molecular complexity index is 49.7. The summed E-state index contributed by atoms with van der Waals surface area (Å²) in [6.45, 7) is -0.131. The first-order valence-electron chi connectivity index (χ1n) is 2.71. The molecular formula is C5H12O2S. The summed E-state index contributed by atoms with van der Waals surface area (Å²) in [4.78, 5) is 0. The smallest absolute Gasteiger partial charge is 0.0771 e. The van der Waals surface area contributed by atoms with Crippen LogP contribution < -0.4 is 0 Å². The van der Waals surface area contributed by atoms with E-state index < -0.39 is 6.10 Å². The minimum absolute atomic E-state index is 0.131. The van der Waals surface area contributed by atoms with Crippen LogP contribution in [0, 0.1) is 0 Å². The summed E-state index contributed by atoms with van der Waals surface area (Å²) in [7, 11) is 0. The standard InChI is InChI=1S/C5H12O2S/c6-4-5(7)2-1-3-8/h5-8H,1-4H2. The van der Waals surface area contributed by atoms with Crippen LogP contribution in [0.25, 0.3) is 0 Å². The van der Waals surface area contributed by atoms with Gasteiger partial charge in [0.2, 0.25) is 0 Å². The lowest BCUT2D eigenvalue weighted by atomic mass is 10.2. The molecule has 0 saturated carbocycles. The SMILES string of the molecule is OCC(O)CCCS. The van der Waals surface area contributed by atoms with Gasteiger partial charge in [0.25, 0.3) is 0 Å². The van der Waals surface area contributed by atoms with E-state index >= 15 is 0 Å². The maximum atomic E-state index is 8.71. The molecule has 0 fully saturated rings. The third kappa shape index (κ3) is 4.43. The molecule has 2 nitrogen and oxygen atoms in total. The highest BCUT2D eigenvalue weighted by molar-refractivity contribution is 7.80. The largest absolute Gasteiger partial charge is 0.394 e. The lowest BCUT2D eigenvalue weighted by Gasteiger charge is -2.02. The zero-order valence-electron chi connectivity index (χ0n) is 4.75. The maximum absolute atomic E-state index is 8.71. The van der Waals surface area contributed by atoms with Crippen LogP contribution in [0.3, 0.4) is 0 Å². The van der Waals surface area contributed by atoms with Crippen molar-refractivity contribution in [3.05, 3.63) is 0 Å². The summed E-state index contributed by atoms with van der Waals surface area (Å²) >= 11 is 3.94. The van der Waals surface area contributed by atoms with Gasteiger partial charge in [-0.1, -0.05) is 0 Å². The number of aliphatic hydroxyl groups is 2. The van der Waals surface area contributed by atoms with E-state index in [9.17, 15) is 0 Å². The highest BCUT2D eigenvalue weighted by Crippen LogP contribution is 1.96. The Morgan fingerprint density at radius 3 is 2.50 bits per heavy atom. The van der Waals surface area contributed by atoms with Gasteiger partial charge >= 0.3 is 0 Å². The third-order valence-corrected chi connectivity index (χ3v) is 1.22. The van der Waals surface area contributed by atoms with Crippen LogP contribution in [0.15, 0.2) is 0 Å². The number of aliphatic hydroxyl groups excluding tert-OH is 2. The highest BCUT2D eigenvalue weighted by atomic mass is 32.1. The quantitative estimate of drug-likeness (QED) is 0.478. The summed E-state index contributed by atoms with van der Waals surface area (Å²) in [5, 5.41) is 17.0. The van der Waals surface area contributed by atoms with E-state index in [1.54, 1.807) is 0 Å². The molecule has 0 heterocycles. The normalized spacial score (nSPS) is 13.9. The molecule has 0 spiro atoms. The molecule has 1 unspecified atom stereocenters. The predicted molar refractivity (Wildman–Crippen MR) is 36.2 cm³/mol. The van der Waals surface area contributed by atoms with Crippen molar-refractivity contribution in [2.75, 3.05) is 12.4 Å². The first-order valence-corrected chi connectivity index (χ1v) is 3.34. The Morgan fingerprint density at radius 1 is 1.50 bits per heavy atom. The second-order valence-electron chi connectivity index (χ2n) is 1.70. The summed E-state index contributed by atoms with van der Waals surface area (Å²) < 4.78 is 0. The molecule has 0 saturated heterocycles. The van der Waals surface area contributed by atoms with E-state index in [4.69, 9.17) is 10.2 Å². The fraction of sp³-hybridized carbons (Fsp3) is 1.00. The van der Waals surface area contributed by atoms with E-state index in [-0.39, 0.29) is 6.61 Å². The highest BCUT2D eigenvalue weighted by Gasteiger charge is 1.98. The van der Waals surface area contributed by atoms with Gasteiger partial charge in [0.1, 0.15) is 0 Å². The van der Waals surface area contributed by atoms with Gasteiger partial charge in [-0.15, -0.1) is 0 Å². The molecular weight excluding hydrogens is 124 g/mol. The predicted octanol–water partition coefficient (Wildman–Crippen LogP) is 0.0496. The number of rotatable bonds is 4. The second kappa shape index (κ2) is 5.41. The van der Waals surface area contributed by atoms with Crippen LogP contribution in [-0.2, 0) is 0 Å². The van der Waals surface area contributed by atoms with Crippen molar-refractivity contribution in [2.45, 2.75) is 18.9 Å². The average Bonchev–Trinajstić information content (AvgIpc) is 1.83. The van der Waals surface area contributed by atoms with Crippen molar-refractivity contribution in [2.24, 2.45) is 0 Å². The van der Waals surface area contributed by atoms with Gasteiger partial charge < -0.3 is 10.2 Å². The lowest BCUT2D eigenvalue weighted by Crippen LogP contribution is -2.11. The van der Waals surface area contributed by atoms with Gasteiger partial charge in [-0.05, 0) is 18.6 Å². The topological polar surface area (TPSA) is 40.5 Å². The van der Waals surface area contributed by atoms with Crippen LogP contribution in [0.4, 0.5) is 0 Å². The van der Waals surface area contributed by atoms with Crippen LogP contribution in [0.5, 0.6) is 0 Å². The summed E-state index contributed by atoms with van der Waals surface area (Å²) in [5.41, 5.74) is 0. The lowest BCUT2D eigenvalue weighted by molar-refractivity contribution is 0.0880. The zero-order valence-corrected chi connectivity index (χ0v) is 5.64. The molecule has 0 aliphatic heterocycles. The average molecular weight is 136 g/mol. The fourth-order valence-corrected chi connectivity index (χ4v) is 0.601. The molecule has 0 aromatic heterocycles. The zero-order chi connectivity index (χ0) is 6.41. The van der Waals surface area contributed by atoms with E-state index in [1.807, 2.05) is 0 Å². The summed E-state index contributed by atoms with van der Waals surface area (Å²) in [6.07, 6.45) is 0.979. The Labute approximate surface area is 54.9 Å². The molecule has 8 heavy (non-hydrogen) atoms. The van der Waals surface area contributed by atoms with Crippen LogP contribution in [0.1, 0.15) is 12.8 Å². The Kier molecular flexibility index (Phi) is 5.59. The Balaban J connectivity index is 2.86. The minimum atomic E-state index is -0.540.